The van der Waals surface area contributed by atoms with Crippen LogP contribution in [-0.4, -0.2) is 22.2 Å². The molecule has 0 bridgehead atoms. The number of aromatic nitrogens is 2. The lowest BCUT2D eigenvalue weighted by Crippen LogP contribution is -2.34. The zero-order valence-electron chi connectivity index (χ0n) is 14.5. The van der Waals surface area contributed by atoms with Crippen LogP contribution in [0.3, 0.4) is 0 Å². The minimum Gasteiger partial charge on any atom is -0.343 e. The van der Waals surface area contributed by atoms with Crippen molar-refractivity contribution in [3.8, 4) is 0 Å². The van der Waals surface area contributed by atoms with Gasteiger partial charge < -0.3 is 5.32 Å². The van der Waals surface area contributed by atoms with Crippen LogP contribution in [-0.2, 0) is 4.79 Å². The van der Waals surface area contributed by atoms with Gasteiger partial charge in [-0.25, -0.2) is 0 Å². The summed E-state index contributed by atoms with van der Waals surface area (Å²) < 4.78 is 0. The van der Waals surface area contributed by atoms with E-state index in [1.54, 1.807) is 11.8 Å². The van der Waals surface area contributed by atoms with Crippen molar-refractivity contribution in [2.75, 3.05) is 11.6 Å². The maximum atomic E-state index is 13.0. The molecule has 2 aromatic rings. The van der Waals surface area contributed by atoms with Gasteiger partial charge in [-0.2, -0.15) is 0 Å². The lowest BCUT2D eigenvalue weighted by molar-refractivity contribution is -0.118. The first kappa shape index (κ1) is 16.3. The van der Waals surface area contributed by atoms with Gasteiger partial charge in [0.15, 0.2) is 5.78 Å². The van der Waals surface area contributed by atoms with Crippen LogP contribution in [0.4, 0.5) is 5.82 Å². The fourth-order valence-corrected chi connectivity index (χ4v) is 4.36. The van der Waals surface area contributed by atoms with E-state index in [0.29, 0.717) is 17.8 Å². The number of allylic oxidation sites excluding steroid dienone is 2. The number of H-pyrrole nitrogens is 2. The summed E-state index contributed by atoms with van der Waals surface area (Å²) >= 11 is 1.67. The number of aromatic amines is 2. The maximum Gasteiger partial charge on any atom is 0.270 e. The summed E-state index contributed by atoms with van der Waals surface area (Å²) in [5.41, 5.74) is 3.00. The fourth-order valence-electron chi connectivity index (χ4n) is 3.95. The van der Waals surface area contributed by atoms with Gasteiger partial charge in [0, 0.05) is 28.5 Å². The quantitative estimate of drug-likeness (QED) is 0.719. The minimum atomic E-state index is -0.319. The van der Waals surface area contributed by atoms with Gasteiger partial charge in [-0.3, -0.25) is 19.8 Å². The first-order valence-electron chi connectivity index (χ1n) is 8.37. The number of benzene rings is 1. The number of anilines is 1. The Morgan fingerprint density at radius 2 is 1.80 bits per heavy atom. The Bertz CT molecular complexity index is 934. The van der Waals surface area contributed by atoms with Crippen LogP contribution < -0.4 is 10.9 Å². The van der Waals surface area contributed by atoms with E-state index in [1.807, 2.05) is 30.5 Å². The van der Waals surface area contributed by atoms with Crippen LogP contribution in [0, 0.1) is 5.41 Å². The molecule has 25 heavy (non-hydrogen) atoms. The number of thioether (sulfide) groups is 1. The van der Waals surface area contributed by atoms with Crippen LogP contribution in [0.1, 0.15) is 43.7 Å². The number of nitrogens with one attached hydrogen (secondary N) is 3. The molecule has 1 atom stereocenters. The molecule has 3 N–H and O–H groups in total. The molecule has 0 amide bonds. The second-order valence-corrected chi connectivity index (χ2v) is 8.41. The lowest BCUT2D eigenvalue weighted by atomic mass is 9.69. The molecule has 6 heteroatoms. The highest BCUT2D eigenvalue weighted by molar-refractivity contribution is 7.98. The summed E-state index contributed by atoms with van der Waals surface area (Å²) in [4.78, 5) is 26.5. The van der Waals surface area contributed by atoms with Crippen molar-refractivity contribution >= 4 is 23.4 Å². The number of hydrogen-bond donors (Lipinski definition) is 3. The Morgan fingerprint density at radius 3 is 2.48 bits per heavy atom. The Hall–Kier alpha value is -2.21. The Labute approximate surface area is 150 Å². The van der Waals surface area contributed by atoms with Gasteiger partial charge in [-0.1, -0.05) is 26.0 Å². The normalized spacial score (nSPS) is 21.6. The van der Waals surface area contributed by atoms with Crippen LogP contribution in [0.25, 0.3) is 0 Å². The molecule has 0 saturated heterocycles. The molecule has 0 unspecified atom stereocenters. The number of carbonyl (C=O) groups is 1. The molecule has 1 aromatic heterocycles. The molecule has 0 spiro atoms. The second-order valence-electron chi connectivity index (χ2n) is 7.53. The van der Waals surface area contributed by atoms with Crippen molar-refractivity contribution < 1.29 is 4.79 Å². The molecule has 2 heterocycles. The predicted molar refractivity (Wildman–Crippen MR) is 100 cm³/mol. The SMILES string of the molecule is CSc1ccc([C@H]2C3=C(CC(C)(C)CC3=O)Nc3[nH][nH]c(=O)c32)cc1. The molecule has 5 nitrogen and oxygen atoms in total. The predicted octanol–water partition coefficient (Wildman–Crippen LogP) is 3.63. The van der Waals surface area contributed by atoms with Crippen molar-refractivity contribution in [2.24, 2.45) is 5.41 Å². The van der Waals surface area contributed by atoms with Crippen LogP contribution in [0.15, 0.2) is 45.2 Å². The molecule has 1 aromatic carbocycles. The number of carbonyl (C=O) groups excluding carboxylic acids is 1. The summed E-state index contributed by atoms with van der Waals surface area (Å²) in [6.45, 7) is 4.21. The van der Waals surface area contributed by atoms with E-state index in [9.17, 15) is 9.59 Å². The monoisotopic (exact) mass is 355 g/mol. The molecular weight excluding hydrogens is 334 g/mol. The number of ketones is 1. The Balaban J connectivity index is 1.91. The van der Waals surface area contributed by atoms with E-state index in [0.717, 1.165) is 28.1 Å². The number of Topliss-reactive ketones (excluding diaryl/α,β-unsaturated/α-hetero) is 1. The fraction of sp³-hybridized carbons (Fsp3) is 0.368. The zero-order valence-corrected chi connectivity index (χ0v) is 15.3. The maximum absolute atomic E-state index is 13.0. The standard InChI is InChI=1S/C19H21N3O2S/c1-19(2)8-12-15(13(23)9-19)14(10-4-6-11(25-3)7-5-10)16-17(20-12)21-22-18(16)24/h4-7,14H,8-9H2,1-3H3,(H3,20,21,22,24)/t14-/m0/s1. The van der Waals surface area contributed by atoms with Crippen molar-refractivity contribution in [3.63, 3.8) is 0 Å². The van der Waals surface area contributed by atoms with Crippen LogP contribution >= 0.6 is 11.8 Å². The molecule has 1 aliphatic carbocycles. The molecule has 0 radical (unpaired) electrons. The lowest BCUT2D eigenvalue weighted by Gasteiger charge is -2.37. The molecule has 0 fully saturated rings. The molecular formula is C19H21N3O2S. The zero-order chi connectivity index (χ0) is 17.8. The first-order chi connectivity index (χ1) is 11.9. The van der Waals surface area contributed by atoms with Crippen LogP contribution in [0.2, 0.25) is 0 Å². The minimum absolute atomic E-state index is 0.0791. The average molecular weight is 355 g/mol. The van der Waals surface area contributed by atoms with Gasteiger partial charge in [-0.05, 0) is 35.8 Å². The van der Waals surface area contributed by atoms with Gasteiger partial charge in [0.05, 0.1) is 5.56 Å². The average Bonchev–Trinajstić information content (AvgIpc) is 2.93. The third-order valence-corrected chi connectivity index (χ3v) is 5.78. The smallest absolute Gasteiger partial charge is 0.270 e. The van der Waals surface area contributed by atoms with E-state index < -0.39 is 0 Å². The molecule has 4 rings (SSSR count). The van der Waals surface area contributed by atoms with Crippen molar-refractivity contribution in [2.45, 2.75) is 37.5 Å². The first-order valence-corrected chi connectivity index (χ1v) is 9.60. The van der Waals surface area contributed by atoms with Crippen molar-refractivity contribution in [1.29, 1.82) is 0 Å². The second kappa shape index (κ2) is 5.66. The van der Waals surface area contributed by atoms with Gasteiger partial charge in [0.1, 0.15) is 5.82 Å². The summed E-state index contributed by atoms with van der Waals surface area (Å²) in [7, 11) is 0. The number of rotatable bonds is 2. The van der Waals surface area contributed by atoms with Gasteiger partial charge in [0.2, 0.25) is 0 Å². The van der Waals surface area contributed by atoms with E-state index in [4.69, 9.17) is 0 Å². The Kier molecular flexibility index (Phi) is 3.68. The topological polar surface area (TPSA) is 77.8 Å². The van der Waals surface area contributed by atoms with Gasteiger partial charge in [-0.15, -0.1) is 11.8 Å². The third-order valence-electron chi connectivity index (χ3n) is 5.04. The largest absolute Gasteiger partial charge is 0.343 e. The molecule has 1 aliphatic heterocycles. The van der Waals surface area contributed by atoms with Crippen LogP contribution in [0.5, 0.6) is 0 Å². The highest BCUT2D eigenvalue weighted by Crippen LogP contribution is 2.47. The highest BCUT2D eigenvalue weighted by atomic mass is 32.2. The van der Waals surface area contributed by atoms with E-state index in [1.165, 1.54) is 0 Å². The highest BCUT2D eigenvalue weighted by Gasteiger charge is 2.42. The third kappa shape index (κ3) is 2.65. The molecule has 0 saturated carbocycles. The number of fused-ring (bicyclic) bond motifs is 1. The number of hydrogen-bond acceptors (Lipinski definition) is 4. The summed E-state index contributed by atoms with van der Waals surface area (Å²) in [6.07, 6.45) is 3.33. The van der Waals surface area contributed by atoms with E-state index in [2.05, 4.69) is 29.4 Å². The van der Waals surface area contributed by atoms with Crippen molar-refractivity contribution in [1.82, 2.24) is 10.2 Å². The molecule has 130 valence electrons. The summed E-state index contributed by atoms with van der Waals surface area (Å²) in [5, 5.41) is 8.88. The summed E-state index contributed by atoms with van der Waals surface area (Å²) in [6, 6.07) is 8.13. The summed E-state index contributed by atoms with van der Waals surface area (Å²) in [5.74, 6) is 0.484. The van der Waals surface area contributed by atoms with Crippen molar-refractivity contribution in [3.05, 3.63) is 57.0 Å². The van der Waals surface area contributed by atoms with Gasteiger partial charge in [0.25, 0.3) is 5.56 Å². The van der Waals surface area contributed by atoms with E-state index in [-0.39, 0.29) is 22.7 Å². The van der Waals surface area contributed by atoms with Gasteiger partial charge >= 0.3 is 0 Å². The van der Waals surface area contributed by atoms with E-state index >= 15 is 0 Å². The Morgan fingerprint density at radius 1 is 1.08 bits per heavy atom. The molecule has 2 aliphatic rings.